The Morgan fingerprint density at radius 1 is 1.91 bits per heavy atom. The molecule has 0 bridgehead atoms. The molecular weight excluding hydrogens is 188 g/mol. The van der Waals surface area contributed by atoms with Gasteiger partial charge in [-0.2, -0.15) is 0 Å². The van der Waals surface area contributed by atoms with Crippen LogP contribution in [0.2, 0.25) is 0 Å². The average molecular weight is 197 g/mol. The fraction of sp³-hybridized carbons (Fsp3) is 0.600. The zero-order valence-corrected chi connectivity index (χ0v) is 7.54. The van der Waals surface area contributed by atoms with Gasteiger partial charge in [0.2, 0.25) is 5.50 Å². The fourth-order valence-corrected chi connectivity index (χ4v) is 0.762. The highest BCUT2D eigenvalue weighted by molar-refractivity contribution is 7.80. The van der Waals surface area contributed by atoms with Crippen LogP contribution in [0.3, 0.4) is 0 Å². The highest BCUT2D eigenvalue weighted by Crippen LogP contribution is 1.93. The lowest BCUT2D eigenvalue weighted by Gasteiger charge is -2.09. The minimum absolute atomic E-state index is 0.0296. The van der Waals surface area contributed by atoms with Crippen LogP contribution in [0, 0.1) is 0 Å². The number of alkyl halides is 1. The van der Waals surface area contributed by atoms with Crippen LogP contribution in [0.4, 0.5) is 0 Å². The van der Waals surface area contributed by atoms with Gasteiger partial charge in [-0.15, -0.1) is 0 Å². The number of hydrogen-bond acceptors (Lipinski definition) is 3. The Kier molecular flexibility index (Phi) is 4.89. The number of halogens is 1. The van der Waals surface area contributed by atoms with E-state index in [1.165, 1.54) is 0 Å². The van der Waals surface area contributed by atoms with Gasteiger partial charge in [0, 0.05) is 0 Å². The molecule has 0 spiro atoms. The Labute approximate surface area is 75.0 Å². The maximum Gasteiger partial charge on any atom is 0.344 e. The van der Waals surface area contributed by atoms with Crippen molar-refractivity contribution < 1.29 is 9.53 Å². The highest BCUT2D eigenvalue weighted by Gasteiger charge is 2.15. The van der Waals surface area contributed by atoms with Gasteiger partial charge in [-0.05, 0) is 19.1 Å². The minimum Gasteiger partial charge on any atom is -0.464 e. The van der Waals surface area contributed by atoms with Crippen molar-refractivity contribution in [2.24, 2.45) is 5.73 Å². The highest BCUT2D eigenvalue weighted by atomic mass is 35.5. The fourth-order valence-electron chi connectivity index (χ4n) is 0.399. The Hall–Kier alpha value is -0.550. The van der Waals surface area contributed by atoms with Crippen LogP contribution in [-0.2, 0) is 9.53 Å². The molecule has 4 nitrogen and oxygen atoms in total. The summed E-state index contributed by atoms with van der Waals surface area (Å²) in [6.45, 7) is 1.96. The van der Waals surface area contributed by atoms with Crippen LogP contribution in [0.5, 0.6) is 0 Å². The summed E-state index contributed by atoms with van der Waals surface area (Å²) in [5, 5.41) is 2.30. The van der Waals surface area contributed by atoms with Crippen LogP contribution in [0.25, 0.3) is 0 Å². The lowest BCUT2D eigenvalue weighted by atomic mass is 10.6. The molecule has 0 amide bonds. The topological polar surface area (TPSA) is 64.3 Å². The summed E-state index contributed by atoms with van der Waals surface area (Å²) in [5.41, 5.74) is 4.06. The van der Waals surface area contributed by atoms with Crippen molar-refractivity contribution in [1.29, 1.82) is 0 Å². The third-order valence-corrected chi connectivity index (χ3v) is 1.17. The molecule has 0 rings (SSSR count). The zero-order valence-electron chi connectivity index (χ0n) is 5.96. The molecular formula is C5H9ClN2O2S. The minimum atomic E-state index is -0.993. The van der Waals surface area contributed by atoms with E-state index in [4.69, 9.17) is 17.3 Å². The summed E-state index contributed by atoms with van der Waals surface area (Å²) >= 11 is 9.90. The smallest absolute Gasteiger partial charge is 0.344 e. The van der Waals surface area contributed by atoms with Gasteiger partial charge < -0.3 is 15.8 Å². The van der Waals surface area contributed by atoms with E-state index in [1.807, 2.05) is 0 Å². The molecule has 0 heterocycles. The van der Waals surface area contributed by atoms with Gasteiger partial charge >= 0.3 is 5.97 Å². The molecule has 0 saturated carbocycles. The van der Waals surface area contributed by atoms with Crippen LogP contribution in [0.1, 0.15) is 6.92 Å². The van der Waals surface area contributed by atoms with Crippen molar-refractivity contribution >= 4 is 34.9 Å². The van der Waals surface area contributed by atoms with Crippen LogP contribution in [-0.4, -0.2) is 23.2 Å². The van der Waals surface area contributed by atoms with Gasteiger partial charge in [0.05, 0.1) is 6.61 Å². The van der Waals surface area contributed by atoms with Crippen molar-refractivity contribution in [3.05, 3.63) is 0 Å². The summed E-state index contributed by atoms with van der Waals surface area (Å²) < 4.78 is 4.56. The first-order chi connectivity index (χ1) is 5.07. The van der Waals surface area contributed by atoms with Gasteiger partial charge in [-0.1, -0.05) is 11.6 Å². The van der Waals surface area contributed by atoms with Crippen LogP contribution < -0.4 is 11.1 Å². The van der Waals surface area contributed by atoms with E-state index in [1.54, 1.807) is 6.92 Å². The van der Waals surface area contributed by atoms with Crippen molar-refractivity contribution in [2.45, 2.75) is 12.4 Å². The maximum atomic E-state index is 10.7. The zero-order chi connectivity index (χ0) is 8.85. The number of carbonyl (C=O) groups excluding carboxylic acids is 1. The number of hydrogen-bond donors (Lipinski definition) is 2. The van der Waals surface area contributed by atoms with Crippen molar-refractivity contribution in [2.75, 3.05) is 6.61 Å². The van der Waals surface area contributed by atoms with Gasteiger partial charge in [0.25, 0.3) is 0 Å². The summed E-state index contributed by atoms with van der Waals surface area (Å²) in [6.07, 6.45) is 0. The van der Waals surface area contributed by atoms with Crippen LogP contribution >= 0.6 is 23.8 Å². The van der Waals surface area contributed by atoms with Gasteiger partial charge in [-0.3, -0.25) is 0 Å². The van der Waals surface area contributed by atoms with Gasteiger partial charge in [0.1, 0.15) is 0 Å². The van der Waals surface area contributed by atoms with Crippen molar-refractivity contribution in [3.63, 3.8) is 0 Å². The van der Waals surface area contributed by atoms with E-state index in [2.05, 4.69) is 22.3 Å². The largest absolute Gasteiger partial charge is 0.464 e. The molecule has 0 fully saturated rings. The van der Waals surface area contributed by atoms with Gasteiger partial charge in [0.15, 0.2) is 5.11 Å². The molecule has 1 atom stereocenters. The Morgan fingerprint density at radius 3 is 2.82 bits per heavy atom. The number of esters is 1. The number of nitrogens with two attached hydrogens (primary N) is 1. The van der Waals surface area contributed by atoms with E-state index in [-0.39, 0.29) is 11.7 Å². The van der Waals surface area contributed by atoms with E-state index >= 15 is 0 Å². The molecule has 6 heteroatoms. The third kappa shape index (κ3) is 4.80. The molecule has 1 unspecified atom stereocenters. The molecule has 64 valence electrons. The summed E-state index contributed by atoms with van der Waals surface area (Å²) in [4.78, 5) is 10.7. The lowest BCUT2D eigenvalue weighted by Crippen LogP contribution is -2.40. The Morgan fingerprint density at radius 2 is 2.45 bits per heavy atom. The Balaban J connectivity index is 3.73. The molecule has 0 radical (unpaired) electrons. The number of thiocarbonyl (C=S) groups is 1. The van der Waals surface area contributed by atoms with E-state index in [0.29, 0.717) is 0 Å². The molecule has 0 saturated heterocycles. The van der Waals surface area contributed by atoms with E-state index in [0.717, 1.165) is 0 Å². The number of ether oxygens (including phenoxy) is 1. The normalized spacial score (nSPS) is 11.8. The van der Waals surface area contributed by atoms with Gasteiger partial charge in [-0.25, -0.2) is 4.79 Å². The predicted octanol–water partition coefficient (Wildman–Crippen LogP) is -0.0524. The number of rotatable bonds is 3. The maximum absolute atomic E-state index is 10.7. The molecule has 3 N–H and O–H groups in total. The molecule has 0 aliphatic carbocycles. The molecule has 11 heavy (non-hydrogen) atoms. The number of nitrogens with one attached hydrogen (secondary N) is 1. The van der Waals surface area contributed by atoms with E-state index < -0.39 is 11.5 Å². The molecule has 0 aromatic heterocycles. The second kappa shape index (κ2) is 5.15. The summed E-state index contributed by atoms with van der Waals surface area (Å²) in [7, 11) is 0. The second-order valence-corrected chi connectivity index (χ2v) is 2.50. The van der Waals surface area contributed by atoms with Crippen molar-refractivity contribution in [3.8, 4) is 0 Å². The monoisotopic (exact) mass is 196 g/mol. The SMILES string of the molecule is CCOC(=O)C(Cl)NC(N)=S. The second-order valence-electron chi connectivity index (χ2n) is 1.62. The molecule has 0 aromatic rings. The standard InChI is InChI=1S/C5H9ClN2O2S/c1-2-10-4(9)3(6)8-5(7)11/h3H,2H2,1H3,(H3,7,8,11). The molecule has 0 aliphatic heterocycles. The van der Waals surface area contributed by atoms with E-state index in [9.17, 15) is 4.79 Å². The summed E-state index contributed by atoms with van der Waals surface area (Å²) in [5.74, 6) is -0.582. The first-order valence-electron chi connectivity index (χ1n) is 2.94. The number of carbonyl (C=O) groups is 1. The molecule has 0 aromatic carbocycles. The first-order valence-corrected chi connectivity index (χ1v) is 3.79. The lowest BCUT2D eigenvalue weighted by molar-refractivity contribution is -0.142. The average Bonchev–Trinajstić information content (AvgIpc) is 1.86. The third-order valence-electron chi connectivity index (χ3n) is 0.763. The van der Waals surface area contributed by atoms with Crippen molar-refractivity contribution in [1.82, 2.24) is 5.32 Å². The molecule has 0 aliphatic rings. The quantitative estimate of drug-likeness (QED) is 0.287. The Bertz CT molecular complexity index is 165. The first kappa shape index (κ1) is 10.4. The summed E-state index contributed by atoms with van der Waals surface area (Å²) in [6, 6.07) is 0. The van der Waals surface area contributed by atoms with Crippen LogP contribution in [0.15, 0.2) is 0 Å². The predicted molar refractivity (Wildman–Crippen MR) is 46.2 cm³/mol.